The highest BCUT2D eigenvalue weighted by Gasteiger charge is 2.30. The molecule has 0 spiro atoms. The van der Waals surface area contributed by atoms with Crippen molar-refractivity contribution >= 4 is 5.97 Å². The van der Waals surface area contributed by atoms with Gasteiger partial charge in [0.15, 0.2) is 0 Å². The second kappa shape index (κ2) is 6.87. The Bertz CT molecular complexity index is 672. The fraction of sp³-hybridized carbons (Fsp3) is 0.312. The van der Waals surface area contributed by atoms with E-state index in [0.717, 1.165) is 12.1 Å². The minimum absolute atomic E-state index is 0.0710. The summed E-state index contributed by atoms with van der Waals surface area (Å²) in [5.41, 5.74) is -0.141. The Morgan fingerprint density at radius 3 is 2.39 bits per heavy atom. The third-order valence-electron chi connectivity index (χ3n) is 3.15. The van der Waals surface area contributed by atoms with Crippen molar-refractivity contribution in [1.29, 1.82) is 0 Å². The highest BCUT2D eigenvalue weighted by molar-refractivity contribution is 5.91. The van der Waals surface area contributed by atoms with Gasteiger partial charge in [0.1, 0.15) is 23.7 Å². The van der Waals surface area contributed by atoms with E-state index in [4.69, 9.17) is 9.15 Å². The van der Waals surface area contributed by atoms with Crippen LogP contribution in [0.2, 0.25) is 0 Å². The lowest BCUT2D eigenvalue weighted by molar-refractivity contribution is -0.137. The molecule has 0 amide bonds. The molecule has 0 aliphatic carbocycles. The highest BCUT2D eigenvalue weighted by Crippen LogP contribution is 2.32. The second-order valence-electron chi connectivity index (χ2n) is 4.65. The van der Waals surface area contributed by atoms with E-state index in [1.165, 1.54) is 25.3 Å². The summed E-state index contributed by atoms with van der Waals surface area (Å²) in [5.74, 6) is -0.0518. The van der Waals surface area contributed by atoms with Gasteiger partial charge in [-0.25, -0.2) is 4.79 Å². The fourth-order valence-electron chi connectivity index (χ4n) is 1.98. The minimum atomic E-state index is -4.40. The van der Waals surface area contributed by atoms with Gasteiger partial charge in [-0.2, -0.15) is 13.2 Å². The lowest BCUT2D eigenvalue weighted by Gasteiger charge is -2.06. The molecule has 0 saturated heterocycles. The van der Waals surface area contributed by atoms with Crippen molar-refractivity contribution in [1.82, 2.24) is 0 Å². The van der Waals surface area contributed by atoms with Gasteiger partial charge in [-0.1, -0.05) is 12.1 Å². The number of ether oxygens (including phenoxy) is 2. The van der Waals surface area contributed by atoms with Crippen LogP contribution in [0.5, 0.6) is 0 Å². The zero-order chi connectivity index (χ0) is 17.0. The van der Waals surface area contributed by atoms with Crippen LogP contribution in [0.15, 0.2) is 34.7 Å². The normalized spacial score (nSPS) is 11.5. The molecule has 0 atom stereocenters. The quantitative estimate of drug-likeness (QED) is 0.768. The van der Waals surface area contributed by atoms with Crippen LogP contribution in [0.4, 0.5) is 13.2 Å². The van der Waals surface area contributed by atoms with Crippen molar-refractivity contribution in [3.63, 3.8) is 0 Å². The van der Waals surface area contributed by atoms with Crippen molar-refractivity contribution in [2.45, 2.75) is 19.7 Å². The molecule has 0 N–H and O–H groups in total. The third-order valence-corrected chi connectivity index (χ3v) is 3.15. The maximum absolute atomic E-state index is 12.6. The third kappa shape index (κ3) is 3.92. The van der Waals surface area contributed by atoms with E-state index in [1.54, 1.807) is 6.92 Å². The van der Waals surface area contributed by atoms with Crippen molar-refractivity contribution in [3.8, 4) is 11.3 Å². The van der Waals surface area contributed by atoms with Crippen molar-refractivity contribution in [2.75, 3.05) is 13.7 Å². The van der Waals surface area contributed by atoms with Gasteiger partial charge < -0.3 is 13.9 Å². The molecular formula is C16H15F3O4. The number of alkyl halides is 3. The molecule has 1 aromatic heterocycles. The van der Waals surface area contributed by atoms with E-state index in [1.807, 2.05) is 0 Å². The Balaban J connectivity index is 2.35. The van der Waals surface area contributed by atoms with Crippen molar-refractivity contribution in [3.05, 3.63) is 47.2 Å². The molecule has 0 aliphatic rings. The molecule has 124 valence electrons. The Labute approximate surface area is 130 Å². The van der Waals surface area contributed by atoms with Crippen LogP contribution in [0, 0.1) is 0 Å². The van der Waals surface area contributed by atoms with Crippen molar-refractivity contribution < 1.29 is 31.9 Å². The smallest absolute Gasteiger partial charge is 0.416 e. The monoisotopic (exact) mass is 328 g/mol. The first-order valence-corrected chi connectivity index (χ1v) is 6.83. The lowest BCUT2D eigenvalue weighted by atomic mass is 10.1. The molecule has 0 bridgehead atoms. The molecule has 0 aliphatic heterocycles. The van der Waals surface area contributed by atoms with Crippen LogP contribution >= 0.6 is 0 Å². The average molecular weight is 328 g/mol. The summed E-state index contributed by atoms with van der Waals surface area (Å²) in [5, 5.41) is 0. The predicted octanol–water partition coefficient (Wildman–Crippen LogP) is 4.29. The molecule has 2 rings (SSSR count). The summed E-state index contributed by atoms with van der Waals surface area (Å²) in [7, 11) is 1.23. The Kier molecular flexibility index (Phi) is 5.10. The number of hydrogen-bond acceptors (Lipinski definition) is 4. The summed E-state index contributed by atoms with van der Waals surface area (Å²) < 4.78 is 53.2. The SMILES string of the molecule is CCOCc1oc(-c2ccc(C(F)(F)F)cc2)cc1C(=O)OC. The van der Waals surface area contributed by atoms with Gasteiger partial charge in [-0.15, -0.1) is 0 Å². The highest BCUT2D eigenvalue weighted by atomic mass is 19.4. The summed E-state index contributed by atoms with van der Waals surface area (Å²) >= 11 is 0. The van der Waals surface area contributed by atoms with Gasteiger partial charge in [0, 0.05) is 12.2 Å². The Hall–Kier alpha value is -2.28. The van der Waals surface area contributed by atoms with Gasteiger partial charge in [0.2, 0.25) is 0 Å². The lowest BCUT2D eigenvalue weighted by Crippen LogP contribution is -2.04. The van der Waals surface area contributed by atoms with E-state index in [0.29, 0.717) is 12.2 Å². The molecule has 0 radical (unpaired) electrons. The fourth-order valence-corrected chi connectivity index (χ4v) is 1.98. The molecule has 1 heterocycles. The maximum atomic E-state index is 12.6. The first-order chi connectivity index (χ1) is 10.9. The number of methoxy groups -OCH3 is 1. The maximum Gasteiger partial charge on any atom is 0.416 e. The molecule has 0 fully saturated rings. The molecule has 7 heteroatoms. The molecule has 23 heavy (non-hydrogen) atoms. The number of rotatable bonds is 5. The molecular weight excluding hydrogens is 313 g/mol. The number of carbonyl (C=O) groups is 1. The molecule has 2 aromatic rings. The minimum Gasteiger partial charge on any atom is -0.465 e. The topological polar surface area (TPSA) is 48.7 Å². The van der Waals surface area contributed by atoms with Crippen LogP contribution in [0.1, 0.15) is 28.6 Å². The van der Waals surface area contributed by atoms with Crippen LogP contribution < -0.4 is 0 Å². The number of carbonyl (C=O) groups excluding carboxylic acids is 1. The number of halogens is 3. The van der Waals surface area contributed by atoms with Gasteiger partial charge in [-0.3, -0.25) is 0 Å². The van der Waals surface area contributed by atoms with E-state index in [9.17, 15) is 18.0 Å². The van der Waals surface area contributed by atoms with Gasteiger partial charge in [0.25, 0.3) is 0 Å². The van der Waals surface area contributed by atoms with E-state index < -0.39 is 17.7 Å². The average Bonchev–Trinajstić information content (AvgIpc) is 2.95. The van der Waals surface area contributed by atoms with Crippen LogP contribution in [0.25, 0.3) is 11.3 Å². The van der Waals surface area contributed by atoms with Gasteiger partial charge in [-0.05, 0) is 25.1 Å². The predicted molar refractivity (Wildman–Crippen MR) is 75.8 cm³/mol. The van der Waals surface area contributed by atoms with Crippen LogP contribution in [-0.2, 0) is 22.3 Å². The van der Waals surface area contributed by atoms with Gasteiger partial charge in [0.05, 0.1) is 12.7 Å². The zero-order valence-corrected chi connectivity index (χ0v) is 12.6. The number of hydrogen-bond donors (Lipinski definition) is 0. The summed E-state index contributed by atoms with van der Waals surface area (Å²) in [6, 6.07) is 5.92. The largest absolute Gasteiger partial charge is 0.465 e. The summed E-state index contributed by atoms with van der Waals surface area (Å²) in [6.07, 6.45) is -4.40. The van der Waals surface area contributed by atoms with E-state index in [-0.39, 0.29) is 23.7 Å². The van der Waals surface area contributed by atoms with Crippen LogP contribution in [0.3, 0.4) is 0 Å². The molecule has 0 unspecified atom stereocenters. The standard InChI is InChI=1S/C16H15F3O4/c1-3-22-9-14-12(15(20)21-2)8-13(23-14)10-4-6-11(7-5-10)16(17,18)19/h4-8H,3,9H2,1-2H3. The summed E-state index contributed by atoms with van der Waals surface area (Å²) in [4.78, 5) is 11.7. The van der Waals surface area contributed by atoms with Crippen molar-refractivity contribution in [2.24, 2.45) is 0 Å². The Morgan fingerprint density at radius 2 is 1.87 bits per heavy atom. The van der Waals surface area contributed by atoms with Gasteiger partial charge >= 0.3 is 12.1 Å². The van der Waals surface area contributed by atoms with E-state index >= 15 is 0 Å². The zero-order valence-electron chi connectivity index (χ0n) is 12.6. The molecule has 1 aromatic carbocycles. The first-order valence-electron chi connectivity index (χ1n) is 6.83. The molecule has 4 nitrogen and oxygen atoms in total. The summed E-state index contributed by atoms with van der Waals surface area (Å²) in [6.45, 7) is 2.29. The number of esters is 1. The number of furan rings is 1. The first kappa shape index (κ1) is 17.1. The van der Waals surface area contributed by atoms with Crippen LogP contribution in [-0.4, -0.2) is 19.7 Å². The second-order valence-corrected chi connectivity index (χ2v) is 4.65. The Morgan fingerprint density at radius 1 is 1.22 bits per heavy atom. The molecule has 0 saturated carbocycles. The van der Waals surface area contributed by atoms with E-state index in [2.05, 4.69) is 4.74 Å². The number of benzene rings is 1.